The van der Waals surface area contributed by atoms with E-state index in [1.54, 1.807) is 12.1 Å². The summed E-state index contributed by atoms with van der Waals surface area (Å²) in [6.45, 7) is 0. The first-order chi connectivity index (χ1) is 25.7. The van der Waals surface area contributed by atoms with Crippen LogP contribution in [0.4, 0.5) is 0 Å². The molecular weight excluding hydrogens is 683 g/mol. The minimum absolute atomic E-state index is 0. The third kappa shape index (κ3) is 7.93. The summed E-state index contributed by atoms with van der Waals surface area (Å²) in [7, 11) is -1.28. The van der Waals surface area contributed by atoms with Crippen LogP contribution in [0.5, 0.6) is 5.75 Å². The lowest BCUT2D eigenvalue weighted by molar-refractivity contribution is -0.0000107. The van der Waals surface area contributed by atoms with Crippen molar-refractivity contribution in [1.29, 1.82) is 0 Å². The van der Waals surface area contributed by atoms with Crippen LogP contribution >= 0.6 is 7.92 Å². The fourth-order valence-electron chi connectivity index (χ4n) is 6.98. The Labute approximate surface area is 319 Å². The van der Waals surface area contributed by atoms with E-state index in [-0.39, 0.29) is 12.4 Å². The second kappa shape index (κ2) is 16.6. The Kier molecular flexibility index (Phi) is 11.1. The van der Waals surface area contributed by atoms with Crippen LogP contribution in [-0.2, 0) is 0 Å². The van der Waals surface area contributed by atoms with Gasteiger partial charge in [0.05, 0.1) is 7.92 Å². The van der Waals surface area contributed by atoms with Gasteiger partial charge in [-0.2, -0.15) is 0 Å². The number of phenolic OH excluding ortho intramolecular Hbond substituents is 1. The summed E-state index contributed by atoms with van der Waals surface area (Å²) < 4.78 is 0. The molecule has 0 saturated carbocycles. The molecule has 0 bridgehead atoms. The van der Waals surface area contributed by atoms with Gasteiger partial charge in [0.2, 0.25) is 0 Å². The number of phenols is 1. The van der Waals surface area contributed by atoms with E-state index in [1.807, 2.05) is 12.1 Å². The van der Waals surface area contributed by atoms with Crippen molar-refractivity contribution in [3.63, 3.8) is 0 Å². The lowest BCUT2D eigenvalue weighted by atomic mass is 9.98. The highest BCUT2D eigenvalue weighted by Crippen LogP contribution is 2.37. The first-order valence-corrected chi connectivity index (χ1v) is 19.2. The van der Waals surface area contributed by atoms with Crippen LogP contribution in [0.15, 0.2) is 218 Å². The average Bonchev–Trinajstić information content (AvgIpc) is 3.23. The van der Waals surface area contributed by atoms with Crippen molar-refractivity contribution in [2.75, 3.05) is 0 Å². The largest absolute Gasteiger partial charge is 1.00 e. The Morgan fingerprint density at radius 1 is 0.283 bits per heavy atom. The van der Waals surface area contributed by atoms with Crippen molar-refractivity contribution in [3.05, 3.63) is 218 Å². The highest BCUT2D eigenvalue weighted by atomic mass is 35.5. The van der Waals surface area contributed by atoms with E-state index in [1.165, 1.54) is 70.8 Å². The number of hydrogen-bond acceptors (Lipinski definition) is 1. The highest BCUT2D eigenvalue weighted by Gasteiger charge is 2.26. The predicted octanol–water partition coefficient (Wildman–Crippen LogP) is 8.88. The Morgan fingerprint density at radius 3 is 1.04 bits per heavy atom. The van der Waals surface area contributed by atoms with Gasteiger partial charge in [-0.15, -0.1) is 0 Å². The van der Waals surface area contributed by atoms with Gasteiger partial charge in [0.15, 0.2) is 0 Å². The van der Waals surface area contributed by atoms with Crippen molar-refractivity contribution in [2.24, 2.45) is 0 Å². The molecule has 53 heavy (non-hydrogen) atoms. The molecule has 0 saturated heterocycles. The summed E-state index contributed by atoms with van der Waals surface area (Å²) in [6.07, 6.45) is 0. The molecule has 3 heteroatoms. The molecule has 0 fully saturated rings. The van der Waals surface area contributed by atoms with Crippen molar-refractivity contribution in [1.82, 2.24) is 0 Å². The maximum absolute atomic E-state index is 9.99. The zero-order valence-electron chi connectivity index (χ0n) is 29.1. The molecule has 1 N–H and O–H groups in total. The number of rotatable bonds is 6. The van der Waals surface area contributed by atoms with Crippen LogP contribution in [0.25, 0.3) is 54.9 Å². The Bertz CT molecular complexity index is 2380. The van der Waals surface area contributed by atoms with E-state index in [4.69, 9.17) is 0 Å². The standard InChI is InChI=1S/C38H27OP.C12H10.ClH/c39-31-19-25-34(26-20-31)40(32-21-15-29(16-22-32)37-13-5-9-27-7-1-3-11-35(27)37)33-23-17-30(18-24-33)38-14-6-10-28-8-2-4-12-36(28)38;1-3-7-11(8-4-1)12-9-5-2-6-10-12;/h1-26,39H;1-10H;1H. The van der Waals surface area contributed by atoms with Gasteiger partial charge in [-0.1, -0.05) is 170 Å². The molecule has 0 aliphatic rings. The van der Waals surface area contributed by atoms with Crippen LogP contribution in [-0.4, -0.2) is 5.11 Å². The monoisotopic (exact) mass is 720 g/mol. The van der Waals surface area contributed by atoms with Crippen LogP contribution in [0.1, 0.15) is 0 Å². The molecule has 0 aliphatic carbocycles. The van der Waals surface area contributed by atoms with Crippen molar-refractivity contribution >= 4 is 45.4 Å². The summed E-state index contributed by atoms with van der Waals surface area (Å²) in [4.78, 5) is 0. The summed E-state index contributed by atoms with van der Waals surface area (Å²) >= 11 is 0. The fraction of sp³-hybridized carbons (Fsp3) is 0. The molecular formula is C50H38ClOP. The molecule has 0 unspecified atom stereocenters. The first kappa shape index (κ1) is 35.4. The van der Waals surface area contributed by atoms with Gasteiger partial charge in [-0.3, -0.25) is 0 Å². The Balaban J connectivity index is 0.000000284. The lowest BCUT2D eigenvalue weighted by Crippen LogP contribution is -3.00. The quantitative estimate of drug-likeness (QED) is 0.170. The van der Waals surface area contributed by atoms with E-state index in [0.717, 1.165) is 0 Å². The molecule has 0 radical (unpaired) electrons. The SMILES string of the molecule is Oc1ccc([PH+](c2ccc(-c3cccc4ccccc34)cc2)c2ccc(-c3cccc4ccccc34)cc2)cc1.[Cl-].c1ccc(-c2ccccc2)cc1. The van der Waals surface area contributed by atoms with E-state index in [9.17, 15) is 5.11 Å². The Hall–Kier alpha value is -5.98. The zero-order chi connectivity index (χ0) is 35.1. The van der Waals surface area contributed by atoms with Crippen LogP contribution in [0.3, 0.4) is 0 Å². The lowest BCUT2D eigenvalue weighted by Gasteiger charge is -2.13. The molecule has 256 valence electrons. The first-order valence-electron chi connectivity index (χ1n) is 17.7. The fourth-order valence-corrected chi connectivity index (χ4v) is 9.48. The smallest absolute Gasteiger partial charge is 0.115 e. The number of aromatic hydroxyl groups is 1. The number of hydrogen-bond donors (Lipinski definition) is 1. The summed E-state index contributed by atoms with van der Waals surface area (Å²) in [5.74, 6) is 0.294. The van der Waals surface area contributed by atoms with Crippen LogP contribution in [0, 0.1) is 0 Å². The number of benzene rings is 9. The molecule has 9 rings (SSSR count). The highest BCUT2D eigenvalue weighted by molar-refractivity contribution is 7.79. The van der Waals surface area contributed by atoms with Gasteiger partial charge < -0.3 is 17.5 Å². The normalized spacial score (nSPS) is 10.7. The third-order valence-electron chi connectivity index (χ3n) is 9.59. The second-order valence-electron chi connectivity index (χ2n) is 12.9. The topological polar surface area (TPSA) is 20.2 Å². The molecule has 9 aromatic carbocycles. The van der Waals surface area contributed by atoms with E-state index >= 15 is 0 Å². The minimum atomic E-state index is -1.28. The van der Waals surface area contributed by atoms with Crippen LogP contribution < -0.4 is 28.3 Å². The van der Waals surface area contributed by atoms with E-state index in [2.05, 4.69) is 194 Å². The average molecular weight is 721 g/mol. The van der Waals surface area contributed by atoms with Gasteiger partial charge >= 0.3 is 0 Å². The molecule has 0 amide bonds. The maximum Gasteiger partial charge on any atom is 0.115 e. The summed E-state index contributed by atoms with van der Waals surface area (Å²) in [6, 6.07) is 76.8. The third-order valence-corrected chi connectivity index (χ3v) is 12.3. The van der Waals surface area contributed by atoms with Gasteiger partial charge in [0.1, 0.15) is 21.7 Å². The van der Waals surface area contributed by atoms with Gasteiger partial charge in [0, 0.05) is 0 Å². The second-order valence-corrected chi connectivity index (χ2v) is 15.3. The van der Waals surface area contributed by atoms with Gasteiger partial charge in [-0.05, 0) is 103 Å². The number of fused-ring (bicyclic) bond motifs is 2. The zero-order valence-corrected chi connectivity index (χ0v) is 30.9. The molecule has 9 aromatic rings. The maximum atomic E-state index is 9.99. The predicted molar refractivity (Wildman–Crippen MR) is 226 cm³/mol. The van der Waals surface area contributed by atoms with Crippen LogP contribution in [0.2, 0.25) is 0 Å². The summed E-state index contributed by atoms with van der Waals surface area (Å²) in [5, 5.41) is 18.9. The van der Waals surface area contributed by atoms with E-state index in [0.29, 0.717) is 5.75 Å². The number of halogens is 1. The molecule has 0 spiro atoms. The Morgan fingerprint density at radius 2 is 0.623 bits per heavy atom. The van der Waals surface area contributed by atoms with Crippen molar-refractivity contribution in [3.8, 4) is 39.1 Å². The molecule has 0 atom stereocenters. The van der Waals surface area contributed by atoms with Crippen molar-refractivity contribution < 1.29 is 17.5 Å². The molecule has 0 heterocycles. The molecule has 0 aliphatic heterocycles. The summed E-state index contributed by atoms with van der Waals surface area (Å²) in [5.41, 5.74) is 7.50. The van der Waals surface area contributed by atoms with E-state index < -0.39 is 7.92 Å². The van der Waals surface area contributed by atoms with Gasteiger partial charge in [-0.25, -0.2) is 0 Å². The van der Waals surface area contributed by atoms with Gasteiger partial charge in [0.25, 0.3) is 0 Å². The van der Waals surface area contributed by atoms with Crippen molar-refractivity contribution in [2.45, 2.75) is 0 Å². The molecule has 0 aromatic heterocycles. The molecule has 1 nitrogen and oxygen atoms in total. The minimum Gasteiger partial charge on any atom is -1.00 e.